The van der Waals surface area contributed by atoms with E-state index in [1.807, 2.05) is 48.9 Å². The van der Waals surface area contributed by atoms with Crippen molar-refractivity contribution in [2.45, 2.75) is 32.9 Å². The molecular weight excluding hydrogens is 358 g/mol. The number of nitrogens with zero attached hydrogens (tertiary/aromatic N) is 2. The van der Waals surface area contributed by atoms with Gasteiger partial charge in [-0.3, -0.25) is 14.7 Å². The van der Waals surface area contributed by atoms with Crippen LogP contribution >= 0.6 is 0 Å². The van der Waals surface area contributed by atoms with Crippen LogP contribution in [-0.2, 0) is 16.1 Å². The quantitative estimate of drug-likeness (QED) is 0.556. The summed E-state index contributed by atoms with van der Waals surface area (Å²) in [5.41, 5.74) is 0.929. The average Bonchev–Trinajstić information content (AvgIpc) is 3.30. The fourth-order valence-corrected chi connectivity index (χ4v) is 3.09. The van der Waals surface area contributed by atoms with Crippen LogP contribution in [0.25, 0.3) is 10.9 Å². The molecule has 0 saturated carbocycles. The normalized spacial score (nSPS) is 12.1. The summed E-state index contributed by atoms with van der Waals surface area (Å²) in [5, 5.41) is 13.1. The Morgan fingerprint density at radius 2 is 2.07 bits per heavy atom. The summed E-state index contributed by atoms with van der Waals surface area (Å²) in [5.74, 6) is 1.02. The van der Waals surface area contributed by atoms with E-state index < -0.39 is 6.04 Å². The fourth-order valence-electron chi connectivity index (χ4n) is 3.09. The fraction of sp³-hybridized carbons (Fsp3) is 0.350. The van der Waals surface area contributed by atoms with Crippen LogP contribution in [0.4, 0.5) is 5.82 Å². The number of ether oxygens (including phenoxy) is 1. The summed E-state index contributed by atoms with van der Waals surface area (Å²) >= 11 is 0. The lowest BCUT2D eigenvalue weighted by Gasteiger charge is -2.20. The van der Waals surface area contributed by atoms with Gasteiger partial charge in [0.15, 0.2) is 0 Å². The van der Waals surface area contributed by atoms with E-state index >= 15 is 0 Å². The number of H-pyrrole nitrogens is 1. The van der Waals surface area contributed by atoms with Crippen molar-refractivity contribution in [1.29, 1.82) is 0 Å². The second-order valence-electron chi connectivity index (χ2n) is 7.08. The van der Waals surface area contributed by atoms with Gasteiger partial charge in [-0.1, -0.05) is 13.8 Å². The molecule has 2 aromatic heterocycles. The van der Waals surface area contributed by atoms with E-state index in [1.54, 1.807) is 19.4 Å². The Balaban J connectivity index is 1.68. The number of hydrogen-bond acceptors (Lipinski definition) is 4. The lowest BCUT2D eigenvalue weighted by atomic mass is 10.0. The van der Waals surface area contributed by atoms with Gasteiger partial charge >= 0.3 is 0 Å². The number of fused-ring (bicyclic) bond motifs is 1. The van der Waals surface area contributed by atoms with E-state index in [4.69, 9.17) is 4.74 Å². The molecule has 1 aromatic carbocycles. The molecule has 1 atom stereocenters. The number of aromatic nitrogens is 3. The smallest absolute Gasteiger partial charge is 0.248 e. The number of methoxy groups -OCH3 is 1. The van der Waals surface area contributed by atoms with Crippen LogP contribution < -0.4 is 15.4 Å². The van der Waals surface area contributed by atoms with Crippen LogP contribution in [0.3, 0.4) is 0 Å². The molecule has 3 aromatic rings. The molecule has 2 heterocycles. The molecule has 0 fully saturated rings. The second kappa shape index (κ2) is 8.60. The topological polar surface area (TPSA) is 101 Å². The Hall–Kier alpha value is -3.29. The molecule has 0 radical (unpaired) electrons. The van der Waals surface area contributed by atoms with Crippen molar-refractivity contribution in [2.75, 3.05) is 12.4 Å². The molecule has 8 nitrogen and oxygen atoms in total. The molecule has 2 amide bonds. The zero-order chi connectivity index (χ0) is 20.1. The first kappa shape index (κ1) is 19.5. The molecule has 0 aliphatic heterocycles. The molecular formula is C20H25N5O3. The summed E-state index contributed by atoms with van der Waals surface area (Å²) < 4.78 is 7.08. The summed E-state index contributed by atoms with van der Waals surface area (Å²) in [7, 11) is 1.62. The van der Waals surface area contributed by atoms with Gasteiger partial charge in [-0.05, 0) is 36.6 Å². The molecule has 1 unspecified atom stereocenters. The number of rotatable bonds is 8. The summed E-state index contributed by atoms with van der Waals surface area (Å²) in [4.78, 5) is 25.2. The molecule has 0 saturated heterocycles. The van der Waals surface area contributed by atoms with Gasteiger partial charge in [0.05, 0.1) is 13.3 Å². The molecule has 0 bridgehead atoms. The highest BCUT2D eigenvalue weighted by atomic mass is 16.5. The third-order valence-corrected chi connectivity index (χ3v) is 4.41. The standard InChI is InChI=1S/C20H25N5O3/c1-13(2)10-16(20(27)23-18-6-8-21-24-18)22-19(26)12-25-9-7-14-11-15(28-3)4-5-17(14)25/h4-9,11,13,16H,10,12H2,1-3H3,(H,22,26)(H2,21,23,24,27). The Morgan fingerprint density at radius 1 is 1.25 bits per heavy atom. The Kier molecular flexibility index (Phi) is 5.98. The van der Waals surface area contributed by atoms with Crippen molar-refractivity contribution in [3.05, 3.63) is 42.7 Å². The van der Waals surface area contributed by atoms with E-state index in [-0.39, 0.29) is 24.3 Å². The SMILES string of the molecule is COc1ccc2c(ccn2CC(=O)NC(CC(C)C)C(=O)Nc2ccn[nH]2)c1. The summed E-state index contributed by atoms with van der Waals surface area (Å²) in [6, 6.07) is 8.66. The maximum Gasteiger partial charge on any atom is 0.248 e. The van der Waals surface area contributed by atoms with Crippen molar-refractivity contribution in [2.24, 2.45) is 5.92 Å². The minimum absolute atomic E-state index is 0.127. The number of nitrogens with one attached hydrogen (secondary N) is 3. The first-order valence-electron chi connectivity index (χ1n) is 9.18. The molecule has 0 aliphatic carbocycles. The zero-order valence-corrected chi connectivity index (χ0v) is 16.2. The number of carbonyl (C=O) groups excluding carboxylic acids is 2. The number of aromatic amines is 1. The van der Waals surface area contributed by atoms with Gasteiger partial charge in [0.2, 0.25) is 11.8 Å². The van der Waals surface area contributed by atoms with Crippen LogP contribution in [0, 0.1) is 5.92 Å². The molecule has 8 heteroatoms. The zero-order valence-electron chi connectivity index (χ0n) is 16.2. The van der Waals surface area contributed by atoms with E-state index in [1.165, 1.54) is 0 Å². The predicted octanol–water partition coefficient (Wildman–Crippen LogP) is 2.54. The monoisotopic (exact) mass is 383 g/mol. The molecule has 148 valence electrons. The Morgan fingerprint density at radius 3 is 2.75 bits per heavy atom. The summed E-state index contributed by atoms with van der Waals surface area (Å²) in [6.07, 6.45) is 3.94. The van der Waals surface area contributed by atoms with Crippen LogP contribution in [0.15, 0.2) is 42.7 Å². The predicted molar refractivity (Wildman–Crippen MR) is 107 cm³/mol. The number of hydrogen-bond donors (Lipinski definition) is 3. The number of benzene rings is 1. The number of carbonyl (C=O) groups is 2. The molecule has 28 heavy (non-hydrogen) atoms. The Bertz CT molecular complexity index is 946. The minimum atomic E-state index is -0.627. The first-order valence-corrected chi connectivity index (χ1v) is 9.18. The molecule has 3 rings (SSSR count). The van der Waals surface area contributed by atoms with Gasteiger partial charge in [-0.2, -0.15) is 5.10 Å². The van der Waals surface area contributed by atoms with Crippen molar-refractivity contribution >= 4 is 28.5 Å². The maximum absolute atomic E-state index is 12.6. The molecule has 3 N–H and O–H groups in total. The van der Waals surface area contributed by atoms with Gasteiger partial charge < -0.3 is 19.9 Å². The van der Waals surface area contributed by atoms with E-state index in [9.17, 15) is 9.59 Å². The lowest BCUT2D eigenvalue weighted by molar-refractivity contribution is -0.127. The van der Waals surface area contributed by atoms with Crippen molar-refractivity contribution in [3.8, 4) is 5.75 Å². The van der Waals surface area contributed by atoms with Crippen LogP contribution in [-0.4, -0.2) is 39.7 Å². The number of anilines is 1. The van der Waals surface area contributed by atoms with E-state index in [0.29, 0.717) is 12.2 Å². The van der Waals surface area contributed by atoms with Gasteiger partial charge in [-0.25, -0.2) is 0 Å². The second-order valence-corrected chi connectivity index (χ2v) is 7.08. The number of amides is 2. The van der Waals surface area contributed by atoms with Crippen LogP contribution in [0.5, 0.6) is 5.75 Å². The lowest BCUT2D eigenvalue weighted by Crippen LogP contribution is -2.45. The summed E-state index contributed by atoms with van der Waals surface area (Å²) in [6.45, 7) is 4.15. The van der Waals surface area contributed by atoms with Gasteiger partial charge in [0, 0.05) is 23.2 Å². The maximum atomic E-state index is 12.6. The van der Waals surface area contributed by atoms with Crippen molar-refractivity contribution < 1.29 is 14.3 Å². The Labute approximate surface area is 163 Å². The van der Waals surface area contributed by atoms with E-state index in [2.05, 4.69) is 20.8 Å². The largest absolute Gasteiger partial charge is 0.497 e. The molecule has 0 spiro atoms. The average molecular weight is 383 g/mol. The van der Waals surface area contributed by atoms with Gasteiger partial charge in [0.1, 0.15) is 24.2 Å². The highest BCUT2D eigenvalue weighted by molar-refractivity contribution is 5.96. The van der Waals surface area contributed by atoms with Crippen molar-refractivity contribution in [1.82, 2.24) is 20.1 Å². The van der Waals surface area contributed by atoms with Crippen LogP contribution in [0.2, 0.25) is 0 Å². The molecule has 0 aliphatic rings. The highest BCUT2D eigenvalue weighted by Gasteiger charge is 2.22. The van der Waals surface area contributed by atoms with E-state index in [0.717, 1.165) is 16.7 Å². The van der Waals surface area contributed by atoms with Crippen LogP contribution in [0.1, 0.15) is 20.3 Å². The van der Waals surface area contributed by atoms with Crippen molar-refractivity contribution in [3.63, 3.8) is 0 Å². The third-order valence-electron chi connectivity index (χ3n) is 4.41. The minimum Gasteiger partial charge on any atom is -0.497 e. The third kappa shape index (κ3) is 4.70. The van der Waals surface area contributed by atoms with Gasteiger partial charge in [0.25, 0.3) is 0 Å². The highest BCUT2D eigenvalue weighted by Crippen LogP contribution is 2.21. The first-order chi connectivity index (χ1) is 13.5. The van der Waals surface area contributed by atoms with Gasteiger partial charge in [-0.15, -0.1) is 0 Å².